The van der Waals surface area contributed by atoms with E-state index < -0.39 is 0 Å². The maximum atomic E-state index is 2.40. The maximum absolute atomic E-state index is 2.40. The number of hydrogen-bond donors (Lipinski definition) is 0. The highest BCUT2D eigenvalue weighted by molar-refractivity contribution is 7.25. The van der Waals surface area contributed by atoms with Crippen molar-refractivity contribution < 1.29 is 0 Å². The van der Waals surface area contributed by atoms with E-state index in [1.54, 1.807) is 0 Å². The zero-order chi connectivity index (χ0) is 43.8. The van der Waals surface area contributed by atoms with Crippen molar-refractivity contribution in [2.75, 3.05) is 4.90 Å². The van der Waals surface area contributed by atoms with Gasteiger partial charge in [-0.3, -0.25) is 0 Å². The molecule has 2 heteroatoms. The predicted molar refractivity (Wildman–Crippen MR) is 284 cm³/mol. The average molecular weight is 858 g/mol. The van der Waals surface area contributed by atoms with Gasteiger partial charge in [-0.15, -0.1) is 11.3 Å². The molecule has 0 radical (unpaired) electrons. The molecule has 66 heavy (non-hydrogen) atoms. The van der Waals surface area contributed by atoms with E-state index in [4.69, 9.17) is 0 Å². The molecular formula is C64H43NS. The minimum Gasteiger partial charge on any atom is -0.310 e. The number of thiophene rings is 1. The first kappa shape index (κ1) is 39.3. The molecule has 0 saturated carbocycles. The third-order valence-corrected chi connectivity index (χ3v) is 14.0. The number of nitrogens with zero attached hydrogens (tertiary/aromatic N) is 1. The van der Waals surface area contributed by atoms with Crippen LogP contribution >= 0.6 is 11.3 Å². The Hall–Kier alpha value is -8.30. The van der Waals surface area contributed by atoms with Gasteiger partial charge in [0.2, 0.25) is 0 Å². The first-order valence-electron chi connectivity index (χ1n) is 22.6. The van der Waals surface area contributed by atoms with Crippen molar-refractivity contribution in [3.8, 4) is 66.8 Å². The second kappa shape index (κ2) is 17.0. The molecule has 0 spiro atoms. The van der Waals surface area contributed by atoms with E-state index in [9.17, 15) is 0 Å². The SMILES string of the molecule is c1ccc(-c2cc(-c3ccccc3)cc(N(c3ccc(-c4ccc(-c5cccc(-c6ccc7ccccc7c6)c5)cc4)cc3)c3ccc(-c4cccc5sc6ccccc6c45)cc3)c2)cc1. The van der Waals surface area contributed by atoms with Crippen LogP contribution in [0.4, 0.5) is 17.1 Å². The van der Waals surface area contributed by atoms with Crippen molar-refractivity contribution >= 4 is 59.3 Å². The standard InChI is InChI=1S/C64H43NS/c1-3-13-44(14-4-1)55-41-56(45-15-5-2-6-16-45)43-59(42-55)65(58-37-33-50(34-38-58)60-22-12-24-63-64(60)61-21-9-10-23-62(61)66-63)57-35-31-48(32-36-57)47-25-27-49(28-26-47)52-19-11-20-53(39-52)54-30-29-46-17-7-8-18-51(46)40-54/h1-43H. The quantitative estimate of drug-likeness (QED) is 0.140. The number of anilines is 3. The molecule has 1 heterocycles. The number of fused-ring (bicyclic) bond motifs is 4. The molecule has 0 atom stereocenters. The van der Waals surface area contributed by atoms with Gasteiger partial charge >= 0.3 is 0 Å². The zero-order valence-corrected chi connectivity index (χ0v) is 37.0. The summed E-state index contributed by atoms with van der Waals surface area (Å²) in [5, 5.41) is 5.15. The fraction of sp³-hybridized carbons (Fsp3) is 0. The predicted octanol–water partition coefficient (Wildman–Crippen LogP) is 18.7. The van der Waals surface area contributed by atoms with Crippen LogP contribution in [-0.2, 0) is 0 Å². The Morgan fingerprint density at radius 2 is 0.682 bits per heavy atom. The molecule has 0 amide bonds. The summed E-state index contributed by atoms with van der Waals surface area (Å²) < 4.78 is 2.63. The van der Waals surface area contributed by atoms with Gasteiger partial charge in [0.15, 0.2) is 0 Å². The highest BCUT2D eigenvalue weighted by atomic mass is 32.1. The van der Waals surface area contributed by atoms with E-state index in [2.05, 4.69) is 266 Å². The van der Waals surface area contributed by atoms with Gasteiger partial charge in [-0.1, -0.05) is 194 Å². The smallest absolute Gasteiger partial charge is 0.0473 e. The summed E-state index contributed by atoms with van der Waals surface area (Å²) in [5.74, 6) is 0. The van der Waals surface area contributed by atoms with Crippen molar-refractivity contribution in [2.24, 2.45) is 0 Å². The molecule has 0 fully saturated rings. The molecule has 1 aromatic heterocycles. The first-order valence-corrected chi connectivity index (χ1v) is 23.4. The molecule has 0 bridgehead atoms. The molecule has 0 N–H and O–H groups in total. The van der Waals surface area contributed by atoms with Gasteiger partial charge in [-0.05, 0) is 144 Å². The van der Waals surface area contributed by atoms with Crippen molar-refractivity contribution in [3.63, 3.8) is 0 Å². The van der Waals surface area contributed by atoms with E-state index in [0.717, 1.165) is 17.1 Å². The fourth-order valence-electron chi connectivity index (χ4n) is 9.49. The van der Waals surface area contributed by atoms with Crippen LogP contribution in [0.3, 0.4) is 0 Å². The van der Waals surface area contributed by atoms with E-state index in [-0.39, 0.29) is 0 Å². The minimum atomic E-state index is 1.09. The summed E-state index contributed by atoms with van der Waals surface area (Å²) in [4.78, 5) is 2.40. The van der Waals surface area contributed by atoms with Crippen LogP contribution in [0.1, 0.15) is 0 Å². The third kappa shape index (κ3) is 7.54. The van der Waals surface area contributed by atoms with E-state index >= 15 is 0 Å². The number of benzene rings is 11. The summed E-state index contributed by atoms with van der Waals surface area (Å²) in [6, 6.07) is 95.2. The van der Waals surface area contributed by atoms with Crippen LogP contribution in [0.25, 0.3) is 97.7 Å². The summed E-state index contributed by atoms with van der Waals surface area (Å²) in [7, 11) is 0. The monoisotopic (exact) mass is 857 g/mol. The lowest BCUT2D eigenvalue weighted by atomic mass is 9.96. The molecule has 0 saturated heterocycles. The summed E-state index contributed by atoms with van der Waals surface area (Å²) in [6.45, 7) is 0. The molecule has 310 valence electrons. The Labute approximate surface area is 389 Å². The Morgan fingerprint density at radius 1 is 0.242 bits per heavy atom. The van der Waals surface area contributed by atoms with Gasteiger partial charge in [0.25, 0.3) is 0 Å². The minimum absolute atomic E-state index is 1.09. The van der Waals surface area contributed by atoms with E-state index in [0.29, 0.717) is 0 Å². The molecule has 0 unspecified atom stereocenters. The Morgan fingerprint density at radius 3 is 1.35 bits per heavy atom. The van der Waals surface area contributed by atoms with E-state index in [1.807, 2.05) is 11.3 Å². The molecule has 0 aliphatic rings. The highest BCUT2D eigenvalue weighted by Gasteiger charge is 2.18. The van der Waals surface area contributed by atoms with Crippen molar-refractivity contribution in [3.05, 3.63) is 261 Å². The molecule has 0 aliphatic heterocycles. The largest absolute Gasteiger partial charge is 0.310 e. The van der Waals surface area contributed by atoms with Gasteiger partial charge in [-0.2, -0.15) is 0 Å². The summed E-state index contributed by atoms with van der Waals surface area (Å²) in [5.41, 5.74) is 17.6. The lowest BCUT2D eigenvalue weighted by Gasteiger charge is -2.27. The number of hydrogen-bond acceptors (Lipinski definition) is 2. The molecule has 11 aromatic carbocycles. The molecule has 1 nitrogen and oxygen atoms in total. The maximum Gasteiger partial charge on any atom is 0.0473 e. The van der Waals surface area contributed by atoms with Crippen molar-refractivity contribution in [2.45, 2.75) is 0 Å². The first-order chi connectivity index (χ1) is 32.7. The Bertz CT molecular complexity index is 3610. The highest BCUT2D eigenvalue weighted by Crippen LogP contribution is 2.43. The lowest BCUT2D eigenvalue weighted by molar-refractivity contribution is 1.28. The van der Waals surface area contributed by atoms with Crippen LogP contribution in [0.15, 0.2) is 261 Å². The second-order valence-electron chi connectivity index (χ2n) is 16.9. The zero-order valence-electron chi connectivity index (χ0n) is 36.2. The van der Waals surface area contributed by atoms with Gasteiger partial charge in [0, 0.05) is 37.2 Å². The van der Waals surface area contributed by atoms with Gasteiger partial charge < -0.3 is 4.90 Å². The van der Waals surface area contributed by atoms with Crippen LogP contribution in [0.5, 0.6) is 0 Å². The average Bonchev–Trinajstić information content (AvgIpc) is 3.79. The molecule has 12 aromatic rings. The van der Waals surface area contributed by atoms with Crippen molar-refractivity contribution in [1.29, 1.82) is 0 Å². The van der Waals surface area contributed by atoms with Crippen molar-refractivity contribution in [1.82, 2.24) is 0 Å². The van der Waals surface area contributed by atoms with Crippen LogP contribution < -0.4 is 4.90 Å². The van der Waals surface area contributed by atoms with Gasteiger partial charge in [0.05, 0.1) is 0 Å². The molecular weight excluding hydrogens is 815 g/mol. The molecule has 0 aliphatic carbocycles. The van der Waals surface area contributed by atoms with Crippen LogP contribution in [-0.4, -0.2) is 0 Å². The van der Waals surface area contributed by atoms with Gasteiger partial charge in [0.1, 0.15) is 0 Å². The summed E-state index contributed by atoms with van der Waals surface area (Å²) >= 11 is 1.86. The fourth-order valence-corrected chi connectivity index (χ4v) is 10.6. The normalized spacial score (nSPS) is 11.3. The Balaban J connectivity index is 0.915. The lowest BCUT2D eigenvalue weighted by Crippen LogP contribution is -2.10. The topological polar surface area (TPSA) is 3.24 Å². The van der Waals surface area contributed by atoms with Gasteiger partial charge in [-0.25, -0.2) is 0 Å². The number of rotatable bonds is 9. The second-order valence-corrected chi connectivity index (χ2v) is 18.0. The Kier molecular flexibility index (Phi) is 10.1. The third-order valence-electron chi connectivity index (χ3n) is 12.9. The summed E-state index contributed by atoms with van der Waals surface area (Å²) in [6.07, 6.45) is 0. The van der Waals surface area contributed by atoms with E-state index in [1.165, 1.54) is 97.7 Å². The van der Waals surface area contributed by atoms with Crippen LogP contribution in [0, 0.1) is 0 Å². The van der Waals surface area contributed by atoms with Crippen LogP contribution in [0.2, 0.25) is 0 Å². The molecule has 12 rings (SSSR count).